The van der Waals surface area contributed by atoms with E-state index in [4.69, 9.17) is 9.47 Å². The fraction of sp³-hybridized carbons (Fsp3) is 0.318. The van der Waals surface area contributed by atoms with Crippen LogP contribution in [0.4, 0.5) is 5.69 Å². The Morgan fingerprint density at radius 3 is 2.34 bits per heavy atom. The number of methoxy groups -OCH3 is 1. The predicted octanol–water partition coefficient (Wildman–Crippen LogP) is 3.47. The van der Waals surface area contributed by atoms with E-state index in [0.717, 1.165) is 18.4 Å². The second kappa shape index (κ2) is 10.8. The van der Waals surface area contributed by atoms with Gasteiger partial charge in [0.25, 0.3) is 0 Å². The van der Waals surface area contributed by atoms with Gasteiger partial charge in [-0.25, -0.2) is 4.79 Å². The Morgan fingerprint density at radius 1 is 1.00 bits per heavy atom. The van der Waals surface area contributed by atoms with E-state index >= 15 is 0 Å². The molecule has 29 heavy (non-hydrogen) atoms. The highest BCUT2D eigenvalue weighted by Gasteiger charge is 2.20. The lowest BCUT2D eigenvalue weighted by Gasteiger charge is -2.15. The van der Waals surface area contributed by atoms with Crippen LogP contribution in [0, 0.1) is 0 Å². The maximum absolute atomic E-state index is 12.3. The van der Waals surface area contributed by atoms with E-state index in [9.17, 15) is 14.4 Å². The van der Waals surface area contributed by atoms with Gasteiger partial charge in [0.15, 0.2) is 0 Å². The van der Waals surface area contributed by atoms with Crippen molar-refractivity contribution in [3.63, 3.8) is 0 Å². The molecule has 1 unspecified atom stereocenters. The largest absolute Gasteiger partial charge is 0.497 e. The average Bonchev–Trinajstić information content (AvgIpc) is 2.74. The molecule has 2 aromatic rings. The van der Waals surface area contributed by atoms with E-state index in [1.165, 1.54) is 0 Å². The summed E-state index contributed by atoms with van der Waals surface area (Å²) in [7, 11) is 1.57. The number of benzene rings is 2. The number of carbonyl (C=O) groups is 3. The second-order valence-corrected chi connectivity index (χ2v) is 6.46. The van der Waals surface area contributed by atoms with E-state index in [2.05, 4.69) is 10.6 Å². The predicted molar refractivity (Wildman–Crippen MR) is 110 cm³/mol. The average molecular weight is 398 g/mol. The number of unbranched alkanes of at least 4 members (excludes halogenated alkanes) is 1. The molecule has 0 heterocycles. The summed E-state index contributed by atoms with van der Waals surface area (Å²) >= 11 is 0. The summed E-state index contributed by atoms with van der Waals surface area (Å²) in [5, 5.41) is 5.12. The van der Waals surface area contributed by atoms with Crippen LogP contribution in [0.3, 0.4) is 0 Å². The Kier molecular flexibility index (Phi) is 8.21. The molecule has 0 saturated heterocycles. The highest BCUT2D eigenvalue weighted by molar-refractivity contribution is 6.40. The van der Waals surface area contributed by atoms with Crippen LogP contribution in [0.15, 0.2) is 48.5 Å². The van der Waals surface area contributed by atoms with Crippen molar-refractivity contribution in [1.29, 1.82) is 0 Å². The fourth-order valence-corrected chi connectivity index (χ4v) is 2.57. The van der Waals surface area contributed by atoms with Crippen molar-refractivity contribution in [3.05, 3.63) is 59.7 Å². The first-order valence-electron chi connectivity index (χ1n) is 9.48. The number of para-hydroxylation sites is 1. The SMILES string of the molecule is CCCCOC(=O)c1ccccc1NC(=O)C(=O)NC(C)c1ccc(OC)cc1. The van der Waals surface area contributed by atoms with Crippen LogP contribution in [-0.4, -0.2) is 31.5 Å². The lowest BCUT2D eigenvalue weighted by molar-refractivity contribution is -0.136. The molecule has 0 bridgehead atoms. The quantitative estimate of drug-likeness (QED) is 0.403. The lowest BCUT2D eigenvalue weighted by Crippen LogP contribution is -2.37. The first-order chi connectivity index (χ1) is 14.0. The van der Waals surface area contributed by atoms with E-state index in [1.807, 2.05) is 19.1 Å². The van der Waals surface area contributed by atoms with Gasteiger partial charge in [-0.2, -0.15) is 0 Å². The number of hydrogen-bond donors (Lipinski definition) is 2. The number of rotatable bonds is 8. The third kappa shape index (κ3) is 6.34. The summed E-state index contributed by atoms with van der Waals surface area (Å²) < 4.78 is 10.3. The zero-order valence-corrected chi connectivity index (χ0v) is 16.9. The molecule has 7 heteroatoms. The number of anilines is 1. The molecule has 2 aromatic carbocycles. The Hall–Kier alpha value is -3.35. The first-order valence-corrected chi connectivity index (χ1v) is 9.48. The van der Waals surface area contributed by atoms with Crippen molar-refractivity contribution in [2.45, 2.75) is 32.7 Å². The van der Waals surface area contributed by atoms with Gasteiger partial charge in [0.2, 0.25) is 0 Å². The molecular formula is C22H26N2O5. The van der Waals surface area contributed by atoms with Gasteiger partial charge in [-0.05, 0) is 43.2 Å². The number of esters is 1. The molecule has 1 atom stereocenters. The molecule has 0 aliphatic carbocycles. The van der Waals surface area contributed by atoms with Crippen LogP contribution in [-0.2, 0) is 14.3 Å². The molecule has 2 rings (SSSR count). The van der Waals surface area contributed by atoms with Gasteiger partial charge in [-0.1, -0.05) is 37.6 Å². The zero-order valence-electron chi connectivity index (χ0n) is 16.9. The summed E-state index contributed by atoms with van der Waals surface area (Å²) in [5.74, 6) is -1.50. The Balaban J connectivity index is 2.00. The van der Waals surface area contributed by atoms with Gasteiger partial charge < -0.3 is 20.1 Å². The molecule has 154 valence electrons. The minimum Gasteiger partial charge on any atom is -0.497 e. The smallest absolute Gasteiger partial charge is 0.340 e. The summed E-state index contributed by atoms with van der Waals surface area (Å²) in [4.78, 5) is 36.8. The van der Waals surface area contributed by atoms with E-state index in [-0.39, 0.29) is 17.3 Å². The molecule has 0 saturated carbocycles. The standard InChI is InChI=1S/C22H26N2O5/c1-4-5-14-29-22(27)18-8-6-7-9-19(18)24-21(26)20(25)23-15(2)16-10-12-17(28-3)13-11-16/h6-13,15H,4-5,14H2,1-3H3,(H,23,25)(H,24,26). The van der Waals surface area contributed by atoms with Crippen LogP contribution in [0.25, 0.3) is 0 Å². The molecule has 2 amide bonds. The van der Waals surface area contributed by atoms with Crippen molar-refractivity contribution in [3.8, 4) is 5.75 Å². The van der Waals surface area contributed by atoms with Gasteiger partial charge in [-0.3, -0.25) is 9.59 Å². The van der Waals surface area contributed by atoms with Crippen molar-refractivity contribution >= 4 is 23.5 Å². The topological polar surface area (TPSA) is 93.7 Å². The van der Waals surface area contributed by atoms with Crippen molar-refractivity contribution in [2.75, 3.05) is 19.0 Å². The van der Waals surface area contributed by atoms with E-state index in [1.54, 1.807) is 50.4 Å². The van der Waals surface area contributed by atoms with Crippen molar-refractivity contribution in [1.82, 2.24) is 5.32 Å². The molecular weight excluding hydrogens is 372 g/mol. The third-order valence-corrected chi connectivity index (χ3v) is 4.30. The number of amides is 2. The highest BCUT2D eigenvalue weighted by Crippen LogP contribution is 2.18. The summed E-state index contributed by atoms with van der Waals surface area (Å²) in [6, 6.07) is 13.2. The molecule has 0 spiro atoms. The molecule has 0 aromatic heterocycles. The van der Waals surface area contributed by atoms with Crippen LogP contribution < -0.4 is 15.4 Å². The third-order valence-electron chi connectivity index (χ3n) is 4.30. The zero-order chi connectivity index (χ0) is 21.2. The number of ether oxygens (including phenoxy) is 2. The van der Waals surface area contributed by atoms with Crippen molar-refractivity contribution in [2.24, 2.45) is 0 Å². The number of nitrogens with one attached hydrogen (secondary N) is 2. The molecule has 7 nitrogen and oxygen atoms in total. The number of carbonyl (C=O) groups excluding carboxylic acids is 3. The minimum atomic E-state index is -0.862. The molecule has 0 radical (unpaired) electrons. The van der Waals surface area contributed by atoms with Crippen LogP contribution in [0.5, 0.6) is 5.75 Å². The van der Waals surface area contributed by atoms with Gasteiger partial charge in [-0.15, -0.1) is 0 Å². The Labute approximate surface area is 170 Å². The lowest BCUT2D eigenvalue weighted by atomic mass is 10.1. The van der Waals surface area contributed by atoms with Crippen molar-refractivity contribution < 1.29 is 23.9 Å². The summed E-state index contributed by atoms with van der Waals surface area (Å²) in [6.45, 7) is 4.07. The highest BCUT2D eigenvalue weighted by atomic mass is 16.5. The van der Waals surface area contributed by atoms with E-state index < -0.39 is 17.8 Å². The van der Waals surface area contributed by atoms with Gasteiger partial charge >= 0.3 is 17.8 Å². The maximum Gasteiger partial charge on any atom is 0.340 e. The van der Waals surface area contributed by atoms with Gasteiger partial charge in [0, 0.05) is 0 Å². The normalized spacial score (nSPS) is 11.3. The molecule has 0 aliphatic rings. The van der Waals surface area contributed by atoms with E-state index in [0.29, 0.717) is 12.4 Å². The molecule has 2 N–H and O–H groups in total. The van der Waals surface area contributed by atoms with Crippen LogP contribution in [0.1, 0.15) is 48.7 Å². The number of hydrogen-bond acceptors (Lipinski definition) is 5. The van der Waals surface area contributed by atoms with Crippen LogP contribution >= 0.6 is 0 Å². The minimum absolute atomic E-state index is 0.202. The summed E-state index contributed by atoms with van der Waals surface area (Å²) in [5.41, 5.74) is 1.26. The van der Waals surface area contributed by atoms with Crippen LogP contribution in [0.2, 0.25) is 0 Å². The fourth-order valence-electron chi connectivity index (χ4n) is 2.57. The van der Waals surface area contributed by atoms with Gasteiger partial charge in [0.05, 0.1) is 31.0 Å². The Morgan fingerprint density at radius 2 is 1.69 bits per heavy atom. The monoisotopic (exact) mass is 398 g/mol. The molecule has 0 fully saturated rings. The summed E-state index contributed by atoms with van der Waals surface area (Å²) in [6.07, 6.45) is 1.66. The first kappa shape index (κ1) is 21.9. The molecule has 0 aliphatic heterocycles. The van der Waals surface area contributed by atoms with Gasteiger partial charge in [0.1, 0.15) is 5.75 Å². The second-order valence-electron chi connectivity index (χ2n) is 6.46. The maximum atomic E-state index is 12.3. The Bertz CT molecular complexity index is 849.